The molecule has 68 valence electrons. The molecule has 0 aromatic carbocycles. The van der Waals surface area contributed by atoms with Crippen LogP contribution in [0.4, 0.5) is 0 Å². The van der Waals surface area contributed by atoms with Gasteiger partial charge in [-0.1, -0.05) is 18.1 Å². The lowest BCUT2D eigenvalue weighted by Crippen LogP contribution is -2.24. The molecule has 1 fully saturated rings. The maximum absolute atomic E-state index is 6.15. The largest absolute Gasteiger partial charge is 0.324 e. The summed E-state index contributed by atoms with van der Waals surface area (Å²) >= 11 is 0. The van der Waals surface area contributed by atoms with Crippen LogP contribution in [0.5, 0.6) is 0 Å². The Morgan fingerprint density at radius 2 is 2.08 bits per heavy atom. The summed E-state index contributed by atoms with van der Waals surface area (Å²) in [5.41, 5.74) is 7.72. The first kappa shape index (κ1) is 8.31. The topological polar surface area (TPSA) is 26.0 Å². The summed E-state index contributed by atoms with van der Waals surface area (Å²) in [7, 11) is 0. The van der Waals surface area contributed by atoms with Gasteiger partial charge in [0.05, 0.1) is 0 Å². The van der Waals surface area contributed by atoms with Crippen LogP contribution in [-0.2, 0) is 0 Å². The molecule has 12 heavy (non-hydrogen) atoms. The Morgan fingerprint density at radius 1 is 1.25 bits per heavy atom. The predicted molar refractivity (Wildman–Crippen MR) is 51.9 cm³/mol. The van der Waals surface area contributed by atoms with E-state index < -0.39 is 0 Å². The molecule has 0 spiro atoms. The summed E-state index contributed by atoms with van der Waals surface area (Å²) in [6, 6.07) is 0.420. The summed E-state index contributed by atoms with van der Waals surface area (Å²) in [5.74, 6) is 0.842. The van der Waals surface area contributed by atoms with Gasteiger partial charge in [-0.05, 0) is 44.4 Å². The van der Waals surface area contributed by atoms with Crippen LogP contribution in [0, 0.1) is 5.92 Å². The molecule has 1 unspecified atom stereocenters. The summed E-state index contributed by atoms with van der Waals surface area (Å²) < 4.78 is 0. The molecule has 0 aromatic rings. The summed E-state index contributed by atoms with van der Waals surface area (Å²) in [6.07, 6.45) is 11.9. The molecule has 0 bridgehead atoms. The third-order valence-electron chi connectivity index (χ3n) is 3.13. The highest BCUT2D eigenvalue weighted by Crippen LogP contribution is 2.36. The first-order valence-corrected chi connectivity index (χ1v) is 5.32. The summed E-state index contributed by atoms with van der Waals surface area (Å²) in [4.78, 5) is 0. The predicted octanol–water partition coefficient (Wildman–Crippen LogP) is 2.61. The number of hydrogen-bond acceptors (Lipinski definition) is 1. The van der Waals surface area contributed by atoms with Gasteiger partial charge in [0, 0.05) is 6.04 Å². The molecule has 0 heterocycles. The van der Waals surface area contributed by atoms with Gasteiger partial charge in [0.25, 0.3) is 0 Å². The number of rotatable bonds is 2. The Balaban J connectivity index is 1.94. The van der Waals surface area contributed by atoms with Crippen molar-refractivity contribution in [2.45, 2.75) is 51.0 Å². The van der Waals surface area contributed by atoms with Crippen molar-refractivity contribution in [1.82, 2.24) is 0 Å². The molecule has 2 rings (SSSR count). The number of allylic oxidation sites excluding steroid dienone is 1. The SMILES string of the molecule is NC(C1=CCCCCC1)C1CC1. The van der Waals surface area contributed by atoms with Crippen molar-refractivity contribution in [3.8, 4) is 0 Å². The molecule has 0 aliphatic heterocycles. The fraction of sp³-hybridized carbons (Fsp3) is 0.818. The molecular weight excluding hydrogens is 146 g/mol. The van der Waals surface area contributed by atoms with Crippen LogP contribution < -0.4 is 5.73 Å². The first-order valence-electron chi connectivity index (χ1n) is 5.32. The molecule has 1 nitrogen and oxygen atoms in total. The van der Waals surface area contributed by atoms with Crippen LogP contribution in [0.3, 0.4) is 0 Å². The van der Waals surface area contributed by atoms with E-state index in [2.05, 4.69) is 6.08 Å². The highest BCUT2D eigenvalue weighted by Gasteiger charge is 2.30. The quantitative estimate of drug-likeness (QED) is 0.625. The van der Waals surface area contributed by atoms with E-state index in [9.17, 15) is 0 Å². The van der Waals surface area contributed by atoms with Gasteiger partial charge < -0.3 is 5.73 Å². The second-order valence-electron chi connectivity index (χ2n) is 4.24. The Kier molecular flexibility index (Phi) is 2.50. The highest BCUT2D eigenvalue weighted by atomic mass is 14.7. The zero-order chi connectivity index (χ0) is 8.39. The molecule has 0 amide bonds. The van der Waals surface area contributed by atoms with Crippen molar-refractivity contribution in [1.29, 1.82) is 0 Å². The van der Waals surface area contributed by atoms with E-state index in [1.54, 1.807) is 5.57 Å². The standard InChI is InChI=1S/C11H19N/c12-11(10-7-8-10)9-5-3-1-2-4-6-9/h5,10-11H,1-4,6-8,12H2. The zero-order valence-electron chi connectivity index (χ0n) is 7.76. The molecule has 2 aliphatic carbocycles. The number of hydrogen-bond donors (Lipinski definition) is 1. The van der Waals surface area contributed by atoms with Gasteiger partial charge in [0.15, 0.2) is 0 Å². The van der Waals surface area contributed by atoms with E-state index >= 15 is 0 Å². The highest BCUT2D eigenvalue weighted by molar-refractivity contribution is 5.15. The van der Waals surface area contributed by atoms with Crippen molar-refractivity contribution in [2.24, 2.45) is 11.7 Å². The fourth-order valence-electron chi connectivity index (χ4n) is 2.10. The molecule has 0 radical (unpaired) electrons. The molecule has 0 saturated heterocycles. The zero-order valence-corrected chi connectivity index (χ0v) is 7.76. The van der Waals surface area contributed by atoms with Crippen LogP contribution in [0.25, 0.3) is 0 Å². The Bertz CT molecular complexity index is 179. The smallest absolute Gasteiger partial charge is 0.0282 e. The van der Waals surface area contributed by atoms with Gasteiger partial charge in [0.2, 0.25) is 0 Å². The van der Waals surface area contributed by atoms with Crippen molar-refractivity contribution in [3.05, 3.63) is 11.6 Å². The third-order valence-corrected chi connectivity index (χ3v) is 3.13. The lowest BCUT2D eigenvalue weighted by molar-refractivity contribution is 0.627. The van der Waals surface area contributed by atoms with E-state index in [1.807, 2.05) is 0 Å². The van der Waals surface area contributed by atoms with Crippen LogP contribution in [0.15, 0.2) is 11.6 Å². The van der Waals surface area contributed by atoms with Crippen molar-refractivity contribution in [2.75, 3.05) is 0 Å². The van der Waals surface area contributed by atoms with Crippen LogP contribution in [-0.4, -0.2) is 6.04 Å². The van der Waals surface area contributed by atoms with E-state index in [0.717, 1.165) is 5.92 Å². The van der Waals surface area contributed by atoms with E-state index in [1.165, 1.54) is 44.9 Å². The van der Waals surface area contributed by atoms with Crippen LogP contribution in [0.2, 0.25) is 0 Å². The van der Waals surface area contributed by atoms with Gasteiger partial charge in [0.1, 0.15) is 0 Å². The van der Waals surface area contributed by atoms with E-state index in [4.69, 9.17) is 5.73 Å². The maximum atomic E-state index is 6.15. The molecule has 0 aromatic heterocycles. The average Bonchev–Trinajstić information content (AvgIpc) is 2.92. The minimum absolute atomic E-state index is 0.420. The van der Waals surface area contributed by atoms with Gasteiger partial charge in [-0.25, -0.2) is 0 Å². The van der Waals surface area contributed by atoms with Crippen LogP contribution in [0.1, 0.15) is 44.9 Å². The summed E-state index contributed by atoms with van der Waals surface area (Å²) in [6.45, 7) is 0. The Hall–Kier alpha value is -0.300. The molecule has 1 saturated carbocycles. The minimum atomic E-state index is 0.420. The number of nitrogens with two attached hydrogens (primary N) is 1. The second kappa shape index (κ2) is 3.61. The second-order valence-corrected chi connectivity index (χ2v) is 4.24. The minimum Gasteiger partial charge on any atom is -0.324 e. The van der Waals surface area contributed by atoms with Gasteiger partial charge >= 0.3 is 0 Å². The van der Waals surface area contributed by atoms with Gasteiger partial charge in [-0.3, -0.25) is 0 Å². The molecular formula is C11H19N. The van der Waals surface area contributed by atoms with Crippen molar-refractivity contribution < 1.29 is 0 Å². The van der Waals surface area contributed by atoms with Gasteiger partial charge in [-0.15, -0.1) is 0 Å². The van der Waals surface area contributed by atoms with Crippen molar-refractivity contribution >= 4 is 0 Å². The van der Waals surface area contributed by atoms with Crippen molar-refractivity contribution in [3.63, 3.8) is 0 Å². The fourth-order valence-corrected chi connectivity index (χ4v) is 2.10. The lowest BCUT2D eigenvalue weighted by atomic mass is 9.99. The Morgan fingerprint density at radius 3 is 2.83 bits per heavy atom. The monoisotopic (exact) mass is 165 g/mol. The van der Waals surface area contributed by atoms with Gasteiger partial charge in [-0.2, -0.15) is 0 Å². The molecule has 1 heteroatoms. The third kappa shape index (κ3) is 1.89. The Labute approximate surface area is 75.0 Å². The summed E-state index contributed by atoms with van der Waals surface area (Å²) in [5, 5.41) is 0. The first-order chi connectivity index (χ1) is 5.88. The van der Waals surface area contributed by atoms with E-state index in [0.29, 0.717) is 6.04 Å². The molecule has 1 atom stereocenters. The average molecular weight is 165 g/mol. The van der Waals surface area contributed by atoms with Crippen LogP contribution >= 0.6 is 0 Å². The normalized spacial score (nSPS) is 27.6. The molecule has 2 aliphatic rings. The lowest BCUT2D eigenvalue weighted by Gasteiger charge is -2.13. The molecule has 2 N–H and O–H groups in total. The van der Waals surface area contributed by atoms with E-state index in [-0.39, 0.29) is 0 Å². The maximum Gasteiger partial charge on any atom is 0.0282 e.